The van der Waals surface area contributed by atoms with Crippen LogP contribution in [0, 0.1) is 5.92 Å². The third kappa shape index (κ3) is 5.42. The Labute approximate surface area is 113 Å². The first kappa shape index (κ1) is 16.8. The molecule has 0 saturated heterocycles. The highest BCUT2D eigenvalue weighted by Gasteiger charge is 2.13. The molecule has 1 atom stereocenters. The molecule has 1 amide bonds. The van der Waals surface area contributed by atoms with Crippen LogP contribution in [-0.2, 0) is 11.3 Å². The minimum Gasteiger partial charge on any atom is -0.344 e. The number of halogens is 1. The molecule has 0 spiro atoms. The van der Waals surface area contributed by atoms with E-state index in [4.69, 9.17) is 5.73 Å². The number of likely N-dealkylation sites (N-methyl/N-ethyl adjacent to an activating group) is 1. The molecule has 0 bridgehead atoms. The molecule has 0 fully saturated rings. The van der Waals surface area contributed by atoms with Crippen LogP contribution in [0.25, 0.3) is 0 Å². The highest BCUT2D eigenvalue weighted by molar-refractivity contribution is 5.85. The monoisotopic (exact) mass is 276 g/mol. The number of carbonyl (C=O) groups is 1. The van der Waals surface area contributed by atoms with E-state index in [9.17, 15) is 4.79 Å². The summed E-state index contributed by atoms with van der Waals surface area (Å²) >= 11 is 0. The molecular weight excluding hydrogens is 256 g/mol. The van der Waals surface area contributed by atoms with Gasteiger partial charge in [0.15, 0.2) is 0 Å². The standard InChI is InChI=1S/C10H20N6O.ClH/c1-8(2)9(11)4-5-15(3)10(17)6-16-7-12-13-14-16;/h7-9H,4-6,11H2,1-3H3;1H. The third-order valence-electron chi connectivity index (χ3n) is 2.77. The molecule has 1 aromatic rings. The molecule has 0 aliphatic rings. The van der Waals surface area contributed by atoms with E-state index >= 15 is 0 Å². The van der Waals surface area contributed by atoms with Gasteiger partial charge in [-0.2, -0.15) is 0 Å². The zero-order chi connectivity index (χ0) is 12.8. The van der Waals surface area contributed by atoms with Crippen LogP contribution in [0.1, 0.15) is 20.3 Å². The van der Waals surface area contributed by atoms with Crippen molar-refractivity contribution < 1.29 is 4.79 Å². The van der Waals surface area contributed by atoms with Gasteiger partial charge in [0.1, 0.15) is 12.9 Å². The maximum Gasteiger partial charge on any atom is 0.244 e. The molecule has 0 aromatic carbocycles. The topological polar surface area (TPSA) is 89.9 Å². The number of nitrogens with two attached hydrogens (primary N) is 1. The number of hydrogen-bond acceptors (Lipinski definition) is 5. The average molecular weight is 277 g/mol. The van der Waals surface area contributed by atoms with E-state index in [1.165, 1.54) is 11.0 Å². The van der Waals surface area contributed by atoms with Crippen LogP contribution in [-0.4, -0.2) is 50.6 Å². The van der Waals surface area contributed by atoms with Gasteiger partial charge in [-0.15, -0.1) is 17.5 Å². The molecule has 8 heteroatoms. The maximum atomic E-state index is 11.8. The lowest BCUT2D eigenvalue weighted by Gasteiger charge is -2.21. The van der Waals surface area contributed by atoms with E-state index in [0.29, 0.717) is 12.5 Å². The molecule has 7 nitrogen and oxygen atoms in total. The number of carbonyl (C=O) groups excluding carboxylic acids is 1. The van der Waals surface area contributed by atoms with Crippen LogP contribution >= 0.6 is 12.4 Å². The molecule has 0 radical (unpaired) electrons. The summed E-state index contributed by atoms with van der Waals surface area (Å²) < 4.78 is 1.40. The second-order valence-electron chi connectivity index (χ2n) is 4.52. The highest BCUT2D eigenvalue weighted by Crippen LogP contribution is 2.03. The Hall–Kier alpha value is -1.21. The van der Waals surface area contributed by atoms with Crippen molar-refractivity contribution in [3.05, 3.63) is 6.33 Å². The Bertz CT molecular complexity index is 342. The second kappa shape index (κ2) is 7.99. The second-order valence-corrected chi connectivity index (χ2v) is 4.52. The number of nitrogens with zero attached hydrogens (tertiary/aromatic N) is 5. The Morgan fingerprint density at radius 1 is 1.50 bits per heavy atom. The summed E-state index contributed by atoms with van der Waals surface area (Å²) in [5.41, 5.74) is 5.93. The van der Waals surface area contributed by atoms with Gasteiger partial charge in [-0.25, -0.2) is 4.68 Å². The zero-order valence-corrected chi connectivity index (χ0v) is 11.8. The van der Waals surface area contributed by atoms with Gasteiger partial charge in [-0.05, 0) is 22.8 Å². The number of tetrazole rings is 1. The Morgan fingerprint density at radius 3 is 2.67 bits per heavy atom. The summed E-state index contributed by atoms with van der Waals surface area (Å²) in [6.07, 6.45) is 2.22. The Kier molecular flexibility index (Phi) is 7.45. The normalized spacial score (nSPS) is 12.1. The summed E-state index contributed by atoms with van der Waals surface area (Å²) in [5, 5.41) is 10.6. The van der Waals surface area contributed by atoms with Gasteiger partial charge >= 0.3 is 0 Å². The van der Waals surface area contributed by atoms with E-state index < -0.39 is 0 Å². The number of hydrogen-bond donors (Lipinski definition) is 1. The first-order valence-corrected chi connectivity index (χ1v) is 5.71. The van der Waals surface area contributed by atoms with E-state index in [1.54, 1.807) is 11.9 Å². The molecule has 18 heavy (non-hydrogen) atoms. The smallest absolute Gasteiger partial charge is 0.244 e. The van der Waals surface area contributed by atoms with E-state index in [1.807, 2.05) is 0 Å². The minimum absolute atomic E-state index is 0. The molecular formula is C10H21ClN6O. The fraction of sp³-hybridized carbons (Fsp3) is 0.800. The van der Waals surface area contributed by atoms with Crippen molar-refractivity contribution in [2.75, 3.05) is 13.6 Å². The molecule has 0 aliphatic heterocycles. The number of rotatable bonds is 6. The molecule has 1 aromatic heterocycles. The van der Waals surface area contributed by atoms with Crippen LogP contribution in [0.15, 0.2) is 6.33 Å². The lowest BCUT2D eigenvalue weighted by Crippen LogP contribution is -2.36. The summed E-state index contributed by atoms with van der Waals surface area (Å²) in [6.45, 7) is 4.97. The van der Waals surface area contributed by atoms with Gasteiger partial charge in [0.05, 0.1) is 0 Å². The van der Waals surface area contributed by atoms with E-state index in [0.717, 1.165) is 6.42 Å². The largest absolute Gasteiger partial charge is 0.344 e. The predicted octanol–water partition coefficient (Wildman–Crippen LogP) is -0.0733. The van der Waals surface area contributed by atoms with E-state index in [2.05, 4.69) is 29.4 Å². The SMILES string of the molecule is CC(C)C(N)CCN(C)C(=O)Cn1cnnn1.Cl. The highest BCUT2D eigenvalue weighted by atomic mass is 35.5. The maximum absolute atomic E-state index is 11.8. The van der Waals surface area contributed by atoms with Crippen molar-refractivity contribution >= 4 is 18.3 Å². The third-order valence-corrected chi connectivity index (χ3v) is 2.77. The summed E-state index contributed by atoms with van der Waals surface area (Å²) in [7, 11) is 1.76. The summed E-state index contributed by atoms with van der Waals surface area (Å²) in [6, 6.07) is 0.123. The van der Waals surface area contributed by atoms with Gasteiger partial charge in [0.25, 0.3) is 0 Å². The predicted molar refractivity (Wildman–Crippen MR) is 70.1 cm³/mol. The van der Waals surface area contributed by atoms with E-state index in [-0.39, 0.29) is 30.9 Å². The van der Waals surface area contributed by atoms with Crippen LogP contribution in [0.2, 0.25) is 0 Å². The Morgan fingerprint density at radius 2 is 2.17 bits per heavy atom. The molecule has 0 aliphatic carbocycles. The van der Waals surface area contributed by atoms with Crippen LogP contribution in [0.3, 0.4) is 0 Å². The number of aromatic nitrogens is 4. The molecule has 1 heterocycles. The molecule has 1 rings (SSSR count). The van der Waals surface area contributed by atoms with Crippen LogP contribution in [0.5, 0.6) is 0 Å². The molecule has 104 valence electrons. The minimum atomic E-state index is -0.0201. The quantitative estimate of drug-likeness (QED) is 0.785. The number of amides is 1. The average Bonchev–Trinajstić information content (AvgIpc) is 2.77. The van der Waals surface area contributed by atoms with Crippen molar-refractivity contribution in [3.63, 3.8) is 0 Å². The van der Waals surface area contributed by atoms with Crippen molar-refractivity contribution in [1.82, 2.24) is 25.1 Å². The van der Waals surface area contributed by atoms with Gasteiger partial charge in [-0.1, -0.05) is 13.8 Å². The van der Waals surface area contributed by atoms with Gasteiger partial charge < -0.3 is 10.6 Å². The zero-order valence-electron chi connectivity index (χ0n) is 11.0. The van der Waals surface area contributed by atoms with Crippen LogP contribution in [0.4, 0.5) is 0 Å². The summed E-state index contributed by atoms with van der Waals surface area (Å²) in [5.74, 6) is 0.409. The van der Waals surface area contributed by atoms with Gasteiger partial charge in [-0.3, -0.25) is 4.79 Å². The molecule has 1 unspecified atom stereocenters. The van der Waals surface area contributed by atoms with Crippen LogP contribution < -0.4 is 5.73 Å². The van der Waals surface area contributed by atoms with Gasteiger partial charge in [0, 0.05) is 19.6 Å². The van der Waals surface area contributed by atoms with Crippen molar-refractivity contribution in [3.8, 4) is 0 Å². The molecule has 2 N–H and O–H groups in total. The van der Waals surface area contributed by atoms with Crippen molar-refractivity contribution in [2.45, 2.75) is 32.9 Å². The molecule has 0 saturated carbocycles. The fourth-order valence-electron chi connectivity index (χ4n) is 1.31. The lowest BCUT2D eigenvalue weighted by atomic mass is 10.0. The van der Waals surface area contributed by atoms with Crippen molar-refractivity contribution in [1.29, 1.82) is 0 Å². The lowest BCUT2D eigenvalue weighted by molar-refractivity contribution is -0.130. The fourth-order valence-corrected chi connectivity index (χ4v) is 1.31. The first-order valence-electron chi connectivity index (χ1n) is 5.71. The van der Waals surface area contributed by atoms with Crippen molar-refractivity contribution in [2.24, 2.45) is 11.7 Å². The van der Waals surface area contributed by atoms with Gasteiger partial charge in [0.2, 0.25) is 5.91 Å². The summed E-state index contributed by atoms with van der Waals surface area (Å²) in [4.78, 5) is 13.4. The first-order chi connectivity index (χ1) is 8.00. The Balaban J connectivity index is 0.00000289.